The van der Waals surface area contributed by atoms with Gasteiger partial charge in [0.25, 0.3) is 0 Å². The minimum atomic E-state index is 0.0408. The van der Waals surface area contributed by atoms with Crippen molar-refractivity contribution in [1.29, 1.82) is 5.26 Å². The summed E-state index contributed by atoms with van der Waals surface area (Å²) < 4.78 is 5.63. The molecule has 2 N–H and O–H groups in total. The molecule has 0 aliphatic carbocycles. The summed E-state index contributed by atoms with van der Waals surface area (Å²) in [6.07, 6.45) is 0.0907. The number of benzene rings is 1. The highest BCUT2D eigenvalue weighted by atomic mass is 16.5. The van der Waals surface area contributed by atoms with E-state index in [-0.39, 0.29) is 12.1 Å². The smallest absolute Gasteiger partial charge is 0.0995 e. The van der Waals surface area contributed by atoms with Crippen molar-refractivity contribution in [3.8, 4) is 6.07 Å². The third-order valence-electron chi connectivity index (χ3n) is 3.30. The Hall–Kier alpha value is -1.41. The molecule has 1 saturated heterocycles. The van der Waals surface area contributed by atoms with Crippen LogP contribution in [-0.4, -0.2) is 36.7 Å². The molecule has 4 heteroatoms. The van der Waals surface area contributed by atoms with Crippen molar-refractivity contribution in [3.05, 3.63) is 35.4 Å². The van der Waals surface area contributed by atoms with Crippen LogP contribution >= 0.6 is 0 Å². The molecule has 1 fully saturated rings. The topological polar surface area (TPSA) is 62.3 Å². The largest absolute Gasteiger partial charge is 0.374 e. The minimum Gasteiger partial charge on any atom is -0.374 e. The van der Waals surface area contributed by atoms with Crippen molar-refractivity contribution < 1.29 is 4.74 Å². The highest BCUT2D eigenvalue weighted by Gasteiger charge is 2.23. The SMILES string of the molecule is CC(N)C1CN(Cc2ccccc2C#N)CCO1. The van der Waals surface area contributed by atoms with Gasteiger partial charge >= 0.3 is 0 Å². The quantitative estimate of drug-likeness (QED) is 0.866. The molecule has 1 heterocycles. The molecule has 0 aromatic heterocycles. The molecule has 0 saturated carbocycles. The Morgan fingerprint density at radius 2 is 2.33 bits per heavy atom. The van der Waals surface area contributed by atoms with E-state index in [2.05, 4.69) is 11.0 Å². The normalized spacial score (nSPS) is 22.4. The number of nitriles is 1. The third kappa shape index (κ3) is 3.08. The number of nitrogens with zero attached hydrogens (tertiary/aromatic N) is 2. The number of hydrogen-bond donors (Lipinski definition) is 1. The summed E-state index contributed by atoms with van der Waals surface area (Å²) in [5, 5.41) is 9.07. The van der Waals surface area contributed by atoms with Crippen LogP contribution in [0.25, 0.3) is 0 Å². The fourth-order valence-corrected chi connectivity index (χ4v) is 2.20. The van der Waals surface area contributed by atoms with Crippen LogP contribution in [0.5, 0.6) is 0 Å². The average molecular weight is 245 g/mol. The van der Waals surface area contributed by atoms with Crippen molar-refractivity contribution >= 4 is 0 Å². The fraction of sp³-hybridized carbons (Fsp3) is 0.500. The van der Waals surface area contributed by atoms with E-state index in [0.717, 1.165) is 30.8 Å². The Morgan fingerprint density at radius 1 is 1.56 bits per heavy atom. The van der Waals surface area contributed by atoms with E-state index in [1.54, 1.807) is 0 Å². The van der Waals surface area contributed by atoms with E-state index in [0.29, 0.717) is 6.61 Å². The first kappa shape index (κ1) is 13.0. The molecule has 0 bridgehead atoms. The predicted molar refractivity (Wildman–Crippen MR) is 69.8 cm³/mol. The number of morpholine rings is 1. The first-order valence-corrected chi connectivity index (χ1v) is 6.28. The van der Waals surface area contributed by atoms with E-state index in [9.17, 15) is 0 Å². The molecule has 1 aromatic rings. The monoisotopic (exact) mass is 245 g/mol. The van der Waals surface area contributed by atoms with Crippen LogP contribution in [0.2, 0.25) is 0 Å². The maximum absolute atomic E-state index is 9.07. The summed E-state index contributed by atoms with van der Waals surface area (Å²) in [6, 6.07) is 10.0. The van der Waals surface area contributed by atoms with Gasteiger partial charge in [0.2, 0.25) is 0 Å². The zero-order chi connectivity index (χ0) is 13.0. The van der Waals surface area contributed by atoms with Gasteiger partial charge in [-0.2, -0.15) is 5.26 Å². The maximum Gasteiger partial charge on any atom is 0.0995 e. The molecule has 0 radical (unpaired) electrons. The Morgan fingerprint density at radius 3 is 3.06 bits per heavy atom. The summed E-state index contributed by atoms with van der Waals surface area (Å²) in [5.41, 5.74) is 7.70. The minimum absolute atomic E-state index is 0.0408. The van der Waals surface area contributed by atoms with Gasteiger partial charge in [-0.05, 0) is 18.6 Å². The lowest BCUT2D eigenvalue weighted by molar-refractivity contribution is -0.0403. The van der Waals surface area contributed by atoms with Crippen molar-refractivity contribution in [3.63, 3.8) is 0 Å². The second kappa shape index (κ2) is 5.96. The van der Waals surface area contributed by atoms with Gasteiger partial charge in [-0.25, -0.2) is 0 Å². The number of nitrogens with two attached hydrogens (primary N) is 1. The summed E-state index contributed by atoms with van der Waals surface area (Å²) in [6.45, 7) is 5.19. The molecule has 18 heavy (non-hydrogen) atoms. The molecular weight excluding hydrogens is 226 g/mol. The third-order valence-corrected chi connectivity index (χ3v) is 3.30. The number of rotatable bonds is 3. The molecule has 4 nitrogen and oxygen atoms in total. The predicted octanol–water partition coefficient (Wildman–Crippen LogP) is 1.11. The zero-order valence-electron chi connectivity index (χ0n) is 10.7. The van der Waals surface area contributed by atoms with Gasteiger partial charge in [0, 0.05) is 25.7 Å². The number of ether oxygens (including phenoxy) is 1. The second-order valence-corrected chi connectivity index (χ2v) is 4.77. The van der Waals surface area contributed by atoms with Crippen LogP contribution in [0.15, 0.2) is 24.3 Å². The molecule has 2 rings (SSSR count). The van der Waals surface area contributed by atoms with Crippen LogP contribution in [0.3, 0.4) is 0 Å². The van der Waals surface area contributed by atoms with Gasteiger partial charge in [0.15, 0.2) is 0 Å². The van der Waals surface area contributed by atoms with Gasteiger partial charge in [0.05, 0.1) is 24.3 Å². The van der Waals surface area contributed by atoms with Crippen molar-refractivity contribution in [2.45, 2.75) is 25.6 Å². The molecule has 0 spiro atoms. The summed E-state index contributed by atoms with van der Waals surface area (Å²) in [4.78, 5) is 2.30. The summed E-state index contributed by atoms with van der Waals surface area (Å²) >= 11 is 0. The van der Waals surface area contributed by atoms with E-state index in [1.807, 2.05) is 31.2 Å². The van der Waals surface area contributed by atoms with Crippen LogP contribution in [0.1, 0.15) is 18.1 Å². The van der Waals surface area contributed by atoms with Gasteiger partial charge in [-0.3, -0.25) is 4.90 Å². The van der Waals surface area contributed by atoms with Gasteiger partial charge in [0.1, 0.15) is 0 Å². The van der Waals surface area contributed by atoms with E-state index < -0.39 is 0 Å². The van der Waals surface area contributed by atoms with Crippen molar-refractivity contribution in [1.82, 2.24) is 4.90 Å². The second-order valence-electron chi connectivity index (χ2n) is 4.77. The Balaban J connectivity index is 2.03. The zero-order valence-corrected chi connectivity index (χ0v) is 10.7. The van der Waals surface area contributed by atoms with Gasteiger partial charge < -0.3 is 10.5 Å². The maximum atomic E-state index is 9.07. The summed E-state index contributed by atoms with van der Waals surface area (Å²) in [5.74, 6) is 0. The molecule has 1 aliphatic heterocycles. The Bertz CT molecular complexity index is 439. The van der Waals surface area contributed by atoms with Crippen LogP contribution in [-0.2, 0) is 11.3 Å². The molecular formula is C14H19N3O. The standard InChI is InChI=1S/C14H19N3O/c1-11(16)14-10-17(6-7-18-14)9-13-5-3-2-4-12(13)8-15/h2-5,11,14H,6-7,9-10,16H2,1H3. The van der Waals surface area contributed by atoms with Gasteiger partial charge in [-0.1, -0.05) is 18.2 Å². The number of hydrogen-bond acceptors (Lipinski definition) is 4. The van der Waals surface area contributed by atoms with Crippen LogP contribution < -0.4 is 5.73 Å². The van der Waals surface area contributed by atoms with Crippen molar-refractivity contribution in [2.75, 3.05) is 19.7 Å². The van der Waals surface area contributed by atoms with Crippen molar-refractivity contribution in [2.24, 2.45) is 5.73 Å². The molecule has 96 valence electrons. The lowest BCUT2D eigenvalue weighted by Gasteiger charge is -2.34. The molecule has 1 aromatic carbocycles. The fourth-order valence-electron chi connectivity index (χ4n) is 2.20. The van der Waals surface area contributed by atoms with Crippen LogP contribution in [0.4, 0.5) is 0 Å². The van der Waals surface area contributed by atoms with E-state index in [4.69, 9.17) is 15.7 Å². The lowest BCUT2D eigenvalue weighted by Crippen LogP contribution is -2.49. The molecule has 1 aliphatic rings. The molecule has 2 atom stereocenters. The Kier molecular flexibility index (Phi) is 4.32. The average Bonchev–Trinajstić information content (AvgIpc) is 2.39. The lowest BCUT2D eigenvalue weighted by atomic mass is 10.1. The Labute approximate surface area is 108 Å². The first-order valence-electron chi connectivity index (χ1n) is 6.28. The molecule has 2 unspecified atom stereocenters. The molecule has 0 amide bonds. The van der Waals surface area contributed by atoms with E-state index in [1.165, 1.54) is 0 Å². The first-order chi connectivity index (χ1) is 8.70. The van der Waals surface area contributed by atoms with Crippen LogP contribution in [0, 0.1) is 11.3 Å². The summed E-state index contributed by atoms with van der Waals surface area (Å²) in [7, 11) is 0. The highest BCUT2D eigenvalue weighted by molar-refractivity contribution is 5.37. The van der Waals surface area contributed by atoms with E-state index >= 15 is 0 Å². The highest BCUT2D eigenvalue weighted by Crippen LogP contribution is 2.14. The van der Waals surface area contributed by atoms with Gasteiger partial charge in [-0.15, -0.1) is 0 Å².